The lowest BCUT2D eigenvalue weighted by Gasteiger charge is -2.16. The van der Waals surface area contributed by atoms with Crippen molar-refractivity contribution >= 4 is 11.7 Å². The molecule has 1 aromatic heterocycles. The van der Waals surface area contributed by atoms with E-state index < -0.39 is 5.91 Å². The van der Waals surface area contributed by atoms with E-state index in [0.29, 0.717) is 29.3 Å². The summed E-state index contributed by atoms with van der Waals surface area (Å²) in [5, 5.41) is 0. The third kappa shape index (κ3) is 7.85. The van der Waals surface area contributed by atoms with Crippen LogP contribution < -0.4 is 17.2 Å². The van der Waals surface area contributed by atoms with Gasteiger partial charge in [-0.2, -0.15) is 0 Å². The maximum absolute atomic E-state index is 14.4. The van der Waals surface area contributed by atoms with Crippen LogP contribution >= 0.6 is 0 Å². The third-order valence-corrected chi connectivity index (χ3v) is 7.63. The zero-order chi connectivity index (χ0) is 27.9. The van der Waals surface area contributed by atoms with E-state index in [4.69, 9.17) is 21.9 Å². The van der Waals surface area contributed by atoms with Crippen molar-refractivity contribution in [3.8, 4) is 11.1 Å². The maximum Gasteiger partial charge on any atom is 0.252 e. The van der Waals surface area contributed by atoms with Gasteiger partial charge < -0.3 is 21.9 Å². The number of benzene rings is 2. The molecule has 1 amide bonds. The maximum atomic E-state index is 14.4. The molecule has 0 spiro atoms. The molecule has 5 rings (SSSR count). The first-order valence-electron chi connectivity index (χ1n) is 13.7. The normalized spacial score (nSPS) is 17.7. The fraction of sp³-hybridized carbons (Fsp3) is 0.419. The molecule has 8 heteroatoms. The van der Waals surface area contributed by atoms with Gasteiger partial charge in [0, 0.05) is 43.0 Å². The van der Waals surface area contributed by atoms with E-state index in [1.165, 1.54) is 60.7 Å². The molecule has 0 bridgehead atoms. The number of carbonyl (C=O) groups is 1. The van der Waals surface area contributed by atoms with Gasteiger partial charge in [0.05, 0.1) is 18.3 Å². The highest BCUT2D eigenvalue weighted by Gasteiger charge is 2.20. The van der Waals surface area contributed by atoms with Crippen LogP contribution in [0.2, 0.25) is 0 Å². The quantitative estimate of drug-likeness (QED) is 0.399. The van der Waals surface area contributed by atoms with Crippen molar-refractivity contribution < 1.29 is 13.9 Å². The van der Waals surface area contributed by atoms with E-state index in [1.807, 2.05) is 0 Å². The Bertz CT molecular complexity index is 1290. The number of anilines is 1. The number of primary amides is 1. The van der Waals surface area contributed by atoms with E-state index >= 15 is 0 Å². The number of nitrogen functional groups attached to an aromatic ring is 1. The smallest absolute Gasteiger partial charge is 0.252 e. The number of carbonyl (C=O) groups excluding carboxylic acids is 1. The zero-order valence-corrected chi connectivity index (χ0v) is 23.0. The molecule has 0 radical (unpaired) electrons. The van der Waals surface area contributed by atoms with Crippen LogP contribution in [0.5, 0.6) is 0 Å². The van der Waals surface area contributed by atoms with Gasteiger partial charge in [0.25, 0.3) is 5.91 Å². The number of pyridine rings is 1. The van der Waals surface area contributed by atoms with Gasteiger partial charge in [0.1, 0.15) is 11.6 Å². The highest BCUT2D eigenvalue weighted by molar-refractivity contribution is 5.98. The van der Waals surface area contributed by atoms with Crippen molar-refractivity contribution in [3.05, 3.63) is 82.3 Å². The second-order valence-corrected chi connectivity index (χ2v) is 10.7. The number of likely N-dealkylation sites (tertiary alicyclic amines) is 1. The predicted octanol–water partition coefficient (Wildman–Crippen LogP) is 4.86. The molecule has 1 unspecified atom stereocenters. The Morgan fingerprint density at radius 3 is 2.46 bits per heavy atom. The van der Waals surface area contributed by atoms with E-state index in [-0.39, 0.29) is 23.2 Å². The van der Waals surface area contributed by atoms with Crippen LogP contribution in [0.1, 0.15) is 64.7 Å². The minimum atomic E-state index is -0.663. The van der Waals surface area contributed by atoms with Gasteiger partial charge in [0.2, 0.25) is 0 Å². The predicted molar refractivity (Wildman–Crippen MR) is 153 cm³/mol. The Balaban J connectivity index is 0.000000202. The number of aromatic nitrogens is 1. The van der Waals surface area contributed by atoms with Crippen LogP contribution in [-0.4, -0.2) is 41.0 Å². The van der Waals surface area contributed by atoms with Crippen molar-refractivity contribution in [2.75, 3.05) is 18.8 Å². The highest BCUT2D eigenvalue weighted by atomic mass is 19.1. The van der Waals surface area contributed by atoms with Crippen molar-refractivity contribution in [1.82, 2.24) is 9.88 Å². The number of rotatable bonds is 7. The fourth-order valence-corrected chi connectivity index (χ4v) is 5.10. The van der Waals surface area contributed by atoms with Crippen molar-refractivity contribution in [2.24, 2.45) is 11.5 Å². The monoisotopic (exact) mass is 533 g/mol. The average Bonchev–Trinajstić information content (AvgIpc) is 3.58. The van der Waals surface area contributed by atoms with Gasteiger partial charge in [-0.25, -0.2) is 9.37 Å². The number of hydrogen-bond donors (Lipinski definition) is 3. The first kappa shape index (κ1) is 28.7. The minimum Gasteiger partial charge on any atom is -0.383 e. The summed E-state index contributed by atoms with van der Waals surface area (Å²) in [6, 6.07) is 13.3. The summed E-state index contributed by atoms with van der Waals surface area (Å²) in [6.45, 7) is 7.29. The summed E-state index contributed by atoms with van der Waals surface area (Å²) in [5.74, 6) is -0.900. The first-order valence-corrected chi connectivity index (χ1v) is 13.7. The number of hydrogen-bond acceptors (Lipinski definition) is 6. The lowest BCUT2D eigenvalue weighted by Crippen LogP contribution is -2.26. The van der Waals surface area contributed by atoms with E-state index in [9.17, 15) is 9.18 Å². The summed E-state index contributed by atoms with van der Waals surface area (Å²) in [4.78, 5) is 17.4. The number of nitrogens with zero attached hydrogens (tertiary/aromatic N) is 2. The fourth-order valence-electron chi connectivity index (χ4n) is 5.10. The van der Waals surface area contributed by atoms with E-state index in [2.05, 4.69) is 41.9 Å². The van der Waals surface area contributed by atoms with Crippen molar-refractivity contribution in [1.29, 1.82) is 0 Å². The summed E-state index contributed by atoms with van der Waals surface area (Å²) in [7, 11) is 0. The molecule has 39 heavy (non-hydrogen) atoms. The molecular formula is C31H40FN5O2. The zero-order valence-electron chi connectivity index (χ0n) is 23.0. The lowest BCUT2D eigenvalue weighted by molar-refractivity contribution is 0.0456. The van der Waals surface area contributed by atoms with Gasteiger partial charge in [0.15, 0.2) is 0 Å². The number of nitrogens with two attached hydrogens (primary N) is 3. The summed E-state index contributed by atoms with van der Waals surface area (Å²) in [5.41, 5.74) is 22.8. The Kier molecular flexibility index (Phi) is 9.67. The van der Waals surface area contributed by atoms with Crippen LogP contribution in [-0.2, 0) is 17.9 Å². The molecule has 2 aromatic carbocycles. The lowest BCUT2D eigenvalue weighted by atomic mass is 10.0. The van der Waals surface area contributed by atoms with Gasteiger partial charge >= 0.3 is 0 Å². The second-order valence-electron chi connectivity index (χ2n) is 10.7. The number of halogens is 1. The molecule has 1 aliphatic carbocycles. The van der Waals surface area contributed by atoms with Gasteiger partial charge in [-0.1, -0.05) is 43.2 Å². The van der Waals surface area contributed by atoms with Crippen molar-refractivity contribution in [2.45, 2.75) is 71.2 Å². The van der Waals surface area contributed by atoms with E-state index in [1.54, 1.807) is 12.1 Å². The van der Waals surface area contributed by atoms with Crippen LogP contribution in [0.15, 0.2) is 48.7 Å². The minimum absolute atomic E-state index is 0.0636. The molecule has 2 heterocycles. The van der Waals surface area contributed by atoms with Crippen LogP contribution in [0, 0.1) is 19.7 Å². The summed E-state index contributed by atoms with van der Waals surface area (Å²) >= 11 is 0. The molecule has 1 aliphatic heterocycles. The van der Waals surface area contributed by atoms with Crippen LogP contribution in [0.4, 0.5) is 10.2 Å². The summed E-state index contributed by atoms with van der Waals surface area (Å²) in [6.07, 6.45) is 8.15. The first-order chi connectivity index (χ1) is 18.7. The third-order valence-electron chi connectivity index (χ3n) is 7.63. The Hall–Kier alpha value is -3.33. The molecule has 2 fully saturated rings. The molecule has 1 atom stereocenters. The molecule has 1 saturated carbocycles. The van der Waals surface area contributed by atoms with Crippen LogP contribution in [0.25, 0.3) is 11.1 Å². The Morgan fingerprint density at radius 2 is 1.82 bits per heavy atom. The standard InChI is InChI=1S/C17H20FN5O.C14H20O/c18-15-6-10(12-5-14(17(21)24)16(20)22-7-12)1-2-11(15)8-23-4-3-13(19)9-23;1-11-7-8-13(9-12(11)2)10-15-14-5-3-4-6-14/h1-2,5-7,13H,3-4,8-9,19H2,(H2,20,22)(H2,21,24);7-9,14H,3-6,10H2,1-2H3. The van der Waals surface area contributed by atoms with Gasteiger partial charge in [-0.05, 0) is 67.5 Å². The summed E-state index contributed by atoms with van der Waals surface area (Å²) < 4.78 is 20.3. The largest absolute Gasteiger partial charge is 0.383 e. The molecule has 2 aliphatic rings. The van der Waals surface area contributed by atoms with Crippen molar-refractivity contribution in [3.63, 3.8) is 0 Å². The SMILES string of the molecule is Cc1ccc(COC2CCCC2)cc1C.NC(=O)c1cc(-c2ccc(CN3CCC(N)C3)c(F)c2)cnc1N. The molecule has 208 valence electrons. The highest BCUT2D eigenvalue weighted by Crippen LogP contribution is 2.25. The second kappa shape index (κ2) is 13.2. The van der Waals surface area contributed by atoms with Gasteiger partial charge in [-0.15, -0.1) is 0 Å². The van der Waals surface area contributed by atoms with Crippen LogP contribution in [0.3, 0.4) is 0 Å². The molecule has 1 saturated heterocycles. The molecule has 6 N–H and O–H groups in total. The number of aryl methyl sites for hydroxylation is 2. The Labute approximate surface area is 230 Å². The van der Waals surface area contributed by atoms with Gasteiger partial charge in [-0.3, -0.25) is 9.69 Å². The average molecular weight is 534 g/mol. The number of amides is 1. The molecule has 7 nitrogen and oxygen atoms in total. The topological polar surface area (TPSA) is 120 Å². The molecular weight excluding hydrogens is 493 g/mol. The number of ether oxygens (including phenoxy) is 1. The Morgan fingerprint density at radius 1 is 1.05 bits per heavy atom. The van der Waals surface area contributed by atoms with E-state index in [0.717, 1.165) is 26.1 Å². The molecule has 3 aromatic rings.